The number of likely N-dealkylation sites (N-methyl/N-ethyl adjacent to an activating group) is 1. The Morgan fingerprint density at radius 1 is 0.806 bits per heavy atom. The molecule has 1 unspecified atom stereocenters. The van der Waals surface area contributed by atoms with Gasteiger partial charge in [-0.15, -0.1) is 0 Å². The largest absolute Gasteiger partial charge is 0.391 e. The first-order valence-corrected chi connectivity index (χ1v) is 10.4. The number of carbonyl (C=O) groups excluding carboxylic acids is 3. The Bertz CT molecular complexity index is 923. The molecule has 2 aromatic carbocycles. The molecule has 0 radical (unpaired) electrons. The fourth-order valence-electron chi connectivity index (χ4n) is 3.14. The molecule has 0 saturated carbocycles. The molecule has 0 bridgehead atoms. The first-order chi connectivity index (χ1) is 14.6. The van der Waals surface area contributed by atoms with E-state index in [9.17, 15) is 19.5 Å². The van der Waals surface area contributed by atoms with Gasteiger partial charge in [-0.05, 0) is 38.3 Å². The maximum atomic E-state index is 12.9. The van der Waals surface area contributed by atoms with Crippen molar-refractivity contribution >= 4 is 34.2 Å². The van der Waals surface area contributed by atoms with Gasteiger partial charge in [0.2, 0.25) is 17.7 Å². The minimum Gasteiger partial charge on any atom is -0.391 e. The van der Waals surface area contributed by atoms with Crippen LogP contribution in [0.5, 0.6) is 0 Å². The van der Waals surface area contributed by atoms with Gasteiger partial charge in [0, 0.05) is 11.1 Å². The van der Waals surface area contributed by atoms with Crippen molar-refractivity contribution in [2.24, 2.45) is 5.92 Å². The van der Waals surface area contributed by atoms with Crippen LogP contribution < -0.4 is 21.3 Å². The molecule has 5 N–H and O–H groups in total. The van der Waals surface area contributed by atoms with Crippen molar-refractivity contribution in [1.82, 2.24) is 16.0 Å². The molecule has 0 fully saturated rings. The Hall–Kier alpha value is -2.97. The van der Waals surface area contributed by atoms with Gasteiger partial charge in [-0.3, -0.25) is 14.4 Å². The van der Waals surface area contributed by atoms with Crippen LogP contribution in [0.1, 0.15) is 27.7 Å². The topological polar surface area (TPSA) is 120 Å². The van der Waals surface area contributed by atoms with Crippen molar-refractivity contribution in [3.05, 3.63) is 42.5 Å². The van der Waals surface area contributed by atoms with E-state index in [1.807, 2.05) is 36.4 Å². The molecule has 3 amide bonds. The van der Waals surface area contributed by atoms with Gasteiger partial charge >= 0.3 is 0 Å². The normalized spacial score (nSPS) is 15.1. The highest BCUT2D eigenvalue weighted by atomic mass is 16.3. The molecule has 0 aliphatic carbocycles. The molecule has 31 heavy (non-hydrogen) atoms. The molecule has 0 saturated heterocycles. The van der Waals surface area contributed by atoms with Crippen molar-refractivity contribution < 1.29 is 19.5 Å². The number of benzene rings is 2. The van der Waals surface area contributed by atoms with Crippen LogP contribution in [0.25, 0.3) is 10.8 Å². The van der Waals surface area contributed by atoms with E-state index < -0.39 is 36.0 Å². The summed E-state index contributed by atoms with van der Waals surface area (Å²) in [5, 5.41) is 22.9. The number of fused-ring (bicyclic) bond motifs is 1. The number of hydrogen-bond acceptors (Lipinski definition) is 5. The van der Waals surface area contributed by atoms with Gasteiger partial charge in [-0.2, -0.15) is 0 Å². The number of anilines is 1. The van der Waals surface area contributed by atoms with E-state index in [1.165, 1.54) is 6.92 Å². The molecule has 4 atom stereocenters. The smallest absolute Gasteiger partial charge is 0.249 e. The number of amides is 3. The van der Waals surface area contributed by atoms with Crippen LogP contribution in [0.2, 0.25) is 0 Å². The minimum atomic E-state index is -1.19. The third-order valence-electron chi connectivity index (χ3n) is 5.18. The van der Waals surface area contributed by atoms with Crippen molar-refractivity contribution in [2.45, 2.75) is 51.9 Å². The van der Waals surface area contributed by atoms with Crippen molar-refractivity contribution in [3.63, 3.8) is 0 Å². The van der Waals surface area contributed by atoms with E-state index in [1.54, 1.807) is 33.9 Å². The summed E-state index contributed by atoms with van der Waals surface area (Å²) in [6.45, 7) is 6.70. The Balaban J connectivity index is 2.17. The van der Waals surface area contributed by atoms with E-state index >= 15 is 0 Å². The summed E-state index contributed by atoms with van der Waals surface area (Å²) < 4.78 is 0. The molecular weight excluding hydrogens is 396 g/mol. The first kappa shape index (κ1) is 24.3. The van der Waals surface area contributed by atoms with Gasteiger partial charge < -0.3 is 26.4 Å². The Kier molecular flexibility index (Phi) is 8.53. The van der Waals surface area contributed by atoms with Gasteiger partial charge in [0.05, 0.1) is 12.1 Å². The van der Waals surface area contributed by atoms with Crippen LogP contribution in [-0.2, 0) is 14.4 Å². The zero-order valence-corrected chi connectivity index (χ0v) is 18.6. The molecule has 0 aliphatic heterocycles. The van der Waals surface area contributed by atoms with Crippen molar-refractivity contribution in [2.75, 3.05) is 12.4 Å². The van der Waals surface area contributed by atoms with Crippen LogP contribution in [-0.4, -0.2) is 54.1 Å². The molecule has 2 rings (SSSR count). The zero-order chi connectivity index (χ0) is 23.1. The average molecular weight is 429 g/mol. The highest BCUT2D eigenvalue weighted by molar-refractivity contribution is 6.05. The van der Waals surface area contributed by atoms with E-state index in [4.69, 9.17) is 0 Å². The minimum absolute atomic E-state index is 0.219. The monoisotopic (exact) mass is 428 g/mol. The summed E-state index contributed by atoms with van der Waals surface area (Å²) in [7, 11) is 1.65. The van der Waals surface area contributed by atoms with Gasteiger partial charge in [-0.25, -0.2) is 0 Å². The molecule has 2 aromatic rings. The van der Waals surface area contributed by atoms with Gasteiger partial charge in [0.1, 0.15) is 12.1 Å². The number of carbonyl (C=O) groups is 3. The Labute approximate surface area is 182 Å². The second-order valence-electron chi connectivity index (χ2n) is 7.98. The van der Waals surface area contributed by atoms with Gasteiger partial charge in [-0.1, -0.05) is 50.2 Å². The van der Waals surface area contributed by atoms with E-state index in [0.717, 1.165) is 10.8 Å². The van der Waals surface area contributed by atoms with E-state index in [2.05, 4.69) is 21.3 Å². The maximum Gasteiger partial charge on any atom is 0.249 e. The number of hydrogen-bond donors (Lipinski definition) is 5. The third kappa shape index (κ3) is 6.26. The highest BCUT2D eigenvalue weighted by Gasteiger charge is 2.32. The van der Waals surface area contributed by atoms with Gasteiger partial charge in [0.25, 0.3) is 0 Å². The summed E-state index contributed by atoms with van der Waals surface area (Å²) in [4.78, 5) is 38.0. The first-order valence-electron chi connectivity index (χ1n) is 10.4. The van der Waals surface area contributed by atoms with E-state index in [0.29, 0.717) is 5.69 Å². The SMILES string of the molecule is CN[C@@H](C)C(=O)N[C@H](C(=O)N[C@H](C(=O)Nc1cccc2ccccc12)C(C)O)C(C)C. The molecule has 0 aromatic heterocycles. The highest BCUT2D eigenvalue weighted by Crippen LogP contribution is 2.23. The molecule has 0 aliphatic rings. The van der Waals surface area contributed by atoms with Crippen LogP contribution >= 0.6 is 0 Å². The Morgan fingerprint density at radius 2 is 1.42 bits per heavy atom. The van der Waals surface area contributed by atoms with Crippen molar-refractivity contribution in [1.29, 1.82) is 0 Å². The summed E-state index contributed by atoms with van der Waals surface area (Å²) in [5.41, 5.74) is 0.583. The summed E-state index contributed by atoms with van der Waals surface area (Å²) in [5.74, 6) is -1.63. The number of aliphatic hydroxyl groups excluding tert-OH is 1. The quantitative estimate of drug-likeness (QED) is 0.414. The number of nitrogens with one attached hydrogen (secondary N) is 4. The summed E-state index contributed by atoms with van der Waals surface area (Å²) in [6, 6.07) is 10.6. The van der Waals surface area contributed by atoms with Crippen LogP contribution in [0.4, 0.5) is 5.69 Å². The predicted molar refractivity (Wildman–Crippen MR) is 121 cm³/mol. The van der Waals surface area contributed by atoms with Gasteiger partial charge in [0.15, 0.2) is 0 Å². The summed E-state index contributed by atoms with van der Waals surface area (Å²) in [6.07, 6.45) is -1.14. The molecule has 0 heterocycles. The molecule has 8 heteroatoms. The second-order valence-corrected chi connectivity index (χ2v) is 7.98. The van der Waals surface area contributed by atoms with E-state index in [-0.39, 0.29) is 11.8 Å². The zero-order valence-electron chi connectivity index (χ0n) is 18.6. The average Bonchev–Trinajstić information content (AvgIpc) is 2.74. The second kappa shape index (κ2) is 10.9. The van der Waals surface area contributed by atoms with Crippen LogP contribution in [0.3, 0.4) is 0 Å². The lowest BCUT2D eigenvalue weighted by Crippen LogP contribution is -2.58. The third-order valence-corrected chi connectivity index (χ3v) is 5.18. The molecule has 8 nitrogen and oxygen atoms in total. The lowest BCUT2D eigenvalue weighted by molar-refractivity contribution is -0.133. The fourth-order valence-corrected chi connectivity index (χ4v) is 3.14. The number of rotatable bonds is 9. The lowest BCUT2D eigenvalue weighted by Gasteiger charge is -2.27. The molecule has 0 spiro atoms. The Morgan fingerprint density at radius 3 is 2.03 bits per heavy atom. The summed E-state index contributed by atoms with van der Waals surface area (Å²) >= 11 is 0. The fraction of sp³-hybridized carbons (Fsp3) is 0.435. The standard InChI is InChI=1S/C23H32N4O4/c1-13(2)19(26-21(29)14(3)24-5)22(30)27-20(15(4)28)23(31)25-18-12-8-10-16-9-6-7-11-17(16)18/h6-15,19-20,24,28H,1-5H3,(H,25,31)(H,26,29)(H,27,30)/t14-,15?,19-,20-/m0/s1. The predicted octanol–water partition coefficient (Wildman–Crippen LogP) is 1.39. The van der Waals surface area contributed by atoms with Crippen LogP contribution in [0, 0.1) is 5.92 Å². The van der Waals surface area contributed by atoms with Crippen molar-refractivity contribution in [3.8, 4) is 0 Å². The van der Waals surface area contributed by atoms with Crippen LogP contribution in [0.15, 0.2) is 42.5 Å². The number of aliphatic hydroxyl groups is 1. The molecule has 168 valence electrons. The lowest BCUT2D eigenvalue weighted by atomic mass is 10.0. The maximum absolute atomic E-state index is 12.9. The molecular formula is C23H32N4O4.